The number of hydrogen-bond donors (Lipinski definition) is 2. The zero-order valence-electron chi connectivity index (χ0n) is 10.2. The highest BCUT2D eigenvalue weighted by atomic mass is 15.2. The van der Waals surface area contributed by atoms with Crippen LogP contribution in [-0.2, 0) is 0 Å². The Kier molecular flexibility index (Phi) is 3.56. The van der Waals surface area contributed by atoms with E-state index in [0.29, 0.717) is 11.6 Å². The molecule has 3 N–H and O–H groups in total. The lowest BCUT2D eigenvalue weighted by Crippen LogP contribution is -2.27. The molecule has 0 saturated carbocycles. The van der Waals surface area contributed by atoms with Gasteiger partial charge < -0.3 is 10.6 Å². The number of nitrogen functional groups attached to an aromatic ring is 1. The minimum absolute atomic E-state index is 0.00293. The molecule has 1 aromatic rings. The largest absolute Gasteiger partial charge is 0.382 e. The lowest BCUT2D eigenvalue weighted by molar-refractivity contribution is 0.521. The zero-order valence-corrected chi connectivity index (χ0v) is 10.2. The van der Waals surface area contributed by atoms with Gasteiger partial charge in [0.2, 0.25) is 5.95 Å². The average Bonchev–Trinajstić information content (AvgIpc) is 2.54. The molecule has 1 aliphatic heterocycles. The summed E-state index contributed by atoms with van der Waals surface area (Å²) in [6.07, 6.45) is 5.29. The van der Waals surface area contributed by atoms with Crippen LogP contribution in [0, 0.1) is 11.3 Å². The van der Waals surface area contributed by atoms with E-state index in [2.05, 4.69) is 21.8 Å². The van der Waals surface area contributed by atoms with E-state index >= 15 is 0 Å². The molecule has 5 heteroatoms. The van der Waals surface area contributed by atoms with E-state index in [1.165, 1.54) is 19.3 Å². The van der Waals surface area contributed by atoms with Gasteiger partial charge in [-0.2, -0.15) is 0 Å². The molecule has 1 fully saturated rings. The van der Waals surface area contributed by atoms with Crippen LogP contribution in [0.3, 0.4) is 0 Å². The van der Waals surface area contributed by atoms with E-state index in [0.717, 1.165) is 19.0 Å². The molecular formula is C12H19N5. The van der Waals surface area contributed by atoms with Crippen LogP contribution in [0.1, 0.15) is 31.9 Å². The number of aromatic nitrogens is 2. The summed E-state index contributed by atoms with van der Waals surface area (Å²) in [5.74, 6) is 1.47. The summed E-state index contributed by atoms with van der Waals surface area (Å²) in [5.41, 5.74) is 5.95. The first-order valence-electron chi connectivity index (χ1n) is 6.09. The Hall–Kier alpha value is -1.65. The summed E-state index contributed by atoms with van der Waals surface area (Å²) in [6, 6.07) is 1.67. The molecule has 92 valence electrons. The Bertz CT molecular complexity index is 404. The molecule has 0 amide bonds. The fraction of sp³-hybridized carbons (Fsp3) is 0.583. The summed E-state index contributed by atoms with van der Waals surface area (Å²) in [4.78, 5) is 10.8. The molecule has 2 rings (SSSR count). The van der Waals surface area contributed by atoms with Gasteiger partial charge in [-0.05, 0) is 31.2 Å². The molecule has 1 atom stereocenters. The van der Waals surface area contributed by atoms with Gasteiger partial charge in [-0.3, -0.25) is 5.41 Å². The number of nitrogens with zero attached hydrogens (tertiary/aromatic N) is 3. The van der Waals surface area contributed by atoms with Gasteiger partial charge in [0.1, 0.15) is 11.5 Å². The Morgan fingerprint density at radius 2 is 2.29 bits per heavy atom. The SMILES string of the molecule is CC1CCCN(c2nccc(C(=N)N)n2)CC1. The predicted octanol–water partition coefficient (Wildman–Crippen LogP) is 1.39. The van der Waals surface area contributed by atoms with E-state index < -0.39 is 0 Å². The van der Waals surface area contributed by atoms with Crippen molar-refractivity contribution in [3.63, 3.8) is 0 Å². The highest BCUT2D eigenvalue weighted by molar-refractivity contribution is 5.93. The van der Waals surface area contributed by atoms with Gasteiger partial charge in [0, 0.05) is 19.3 Å². The number of amidine groups is 1. The van der Waals surface area contributed by atoms with Crippen molar-refractivity contribution in [3.05, 3.63) is 18.0 Å². The highest BCUT2D eigenvalue weighted by Gasteiger charge is 2.16. The van der Waals surface area contributed by atoms with Crippen LogP contribution in [0.4, 0.5) is 5.95 Å². The van der Waals surface area contributed by atoms with Crippen LogP contribution < -0.4 is 10.6 Å². The van der Waals surface area contributed by atoms with Crippen LogP contribution in [0.5, 0.6) is 0 Å². The van der Waals surface area contributed by atoms with Crippen LogP contribution in [0.15, 0.2) is 12.3 Å². The second-order valence-electron chi connectivity index (χ2n) is 4.68. The second kappa shape index (κ2) is 5.12. The van der Waals surface area contributed by atoms with Crippen molar-refractivity contribution >= 4 is 11.8 Å². The van der Waals surface area contributed by atoms with E-state index in [1.54, 1.807) is 12.3 Å². The van der Waals surface area contributed by atoms with Crippen molar-refractivity contribution in [3.8, 4) is 0 Å². The first kappa shape index (κ1) is 11.8. The number of anilines is 1. The Labute approximate surface area is 102 Å². The smallest absolute Gasteiger partial charge is 0.225 e. The molecular weight excluding hydrogens is 214 g/mol. The standard InChI is InChI=1S/C12H19N5/c1-9-3-2-7-17(8-5-9)12-15-6-4-10(16-12)11(13)14/h4,6,9H,2-3,5,7-8H2,1H3,(H3,13,14). The van der Waals surface area contributed by atoms with Crippen LogP contribution in [-0.4, -0.2) is 28.9 Å². The molecule has 0 bridgehead atoms. The van der Waals surface area contributed by atoms with Gasteiger partial charge >= 0.3 is 0 Å². The summed E-state index contributed by atoms with van der Waals surface area (Å²) < 4.78 is 0. The highest BCUT2D eigenvalue weighted by Crippen LogP contribution is 2.19. The van der Waals surface area contributed by atoms with Crippen molar-refractivity contribution < 1.29 is 0 Å². The lowest BCUT2D eigenvalue weighted by atomic mass is 10.0. The maximum Gasteiger partial charge on any atom is 0.225 e. The van der Waals surface area contributed by atoms with Crippen molar-refractivity contribution in [1.82, 2.24) is 9.97 Å². The van der Waals surface area contributed by atoms with E-state index in [9.17, 15) is 0 Å². The molecule has 1 saturated heterocycles. The molecule has 0 aromatic carbocycles. The zero-order chi connectivity index (χ0) is 12.3. The van der Waals surface area contributed by atoms with E-state index in [1.807, 2.05) is 0 Å². The third kappa shape index (κ3) is 2.93. The van der Waals surface area contributed by atoms with Crippen LogP contribution in [0.25, 0.3) is 0 Å². The Balaban J connectivity index is 2.15. The molecule has 1 aliphatic rings. The first-order valence-corrected chi connectivity index (χ1v) is 6.09. The maximum absolute atomic E-state index is 7.39. The fourth-order valence-electron chi connectivity index (χ4n) is 2.11. The van der Waals surface area contributed by atoms with E-state index in [-0.39, 0.29) is 5.84 Å². The molecule has 0 radical (unpaired) electrons. The molecule has 1 aromatic heterocycles. The molecule has 0 spiro atoms. The van der Waals surface area contributed by atoms with Gasteiger partial charge in [0.05, 0.1) is 0 Å². The molecule has 2 heterocycles. The normalized spacial score (nSPS) is 21.0. The predicted molar refractivity (Wildman–Crippen MR) is 68.3 cm³/mol. The van der Waals surface area contributed by atoms with Crippen molar-refractivity contribution in [2.45, 2.75) is 26.2 Å². The van der Waals surface area contributed by atoms with Gasteiger partial charge in [0.15, 0.2) is 0 Å². The van der Waals surface area contributed by atoms with Crippen molar-refractivity contribution in [1.29, 1.82) is 5.41 Å². The number of nitrogens with one attached hydrogen (secondary N) is 1. The summed E-state index contributed by atoms with van der Waals surface area (Å²) in [6.45, 7) is 4.27. The third-order valence-corrected chi connectivity index (χ3v) is 3.22. The molecule has 17 heavy (non-hydrogen) atoms. The molecule has 1 unspecified atom stereocenters. The molecule has 0 aliphatic carbocycles. The number of hydrogen-bond acceptors (Lipinski definition) is 4. The van der Waals surface area contributed by atoms with Gasteiger partial charge in [-0.25, -0.2) is 9.97 Å². The van der Waals surface area contributed by atoms with Crippen molar-refractivity contribution in [2.24, 2.45) is 11.7 Å². The van der Waals surface area contributed by atoms with Crippen LogP contribution in [0.2, 0.25) is 0 Å². The van der Waals surface area contributed by atoms with Crippen LogP contribution >= 0.6 is 0 Å². The fourth-order valence-corrected chi connectivity index (χ4v) is 2.11. The van der Waals surface area contributed by atoms with Gasteiger partial charge in [-0.1, -0.05) is 6.92 Å². The lowest BCUT2D eigenvalue weighted by Gasteiger charge is -2.20. The quantitative estimate of drug-likeness (QED) is 0.597. The maximum atomic E-state index is 7.39. The second-order valence-corrected chi connectivity index (χ2v) is 4.68. The Morgan fingerprint density at radius 3 is 3.06 bits per heavy atom. The first-order chi connectivity index (χ1) is 8.16. The van der Waals surface area contributed by atoms with Gasteiger partial charge in [0.25, 0.3) is 0 Å². The third-order valence-electron chi connectivity index (χ3n) is 3.22. The monoisotopic (exact) mass is 233 g/mol. The number of nitrogens with two attached hydrogens (primary N) is 1. The summed E-state index contributed by atoms with van der Waals surface area (Å²) >= 11 is 0. The minimum Gasteiger partial charge on any atom is -0.382 e. The Morgan fingerprint density at radius 1 is 1.47 bits per heavy atom. The average molecular weight is 233 g/mol. The minimum atomic E-state index is -0.00293. The molecule has 5 nitrogen and oxygen atoms in total. The topological polar surface area (TPSA) is 78.9 Å². The summed E-state index contributed by atoms with van der Waals surface area (Å²) in [7, 11) is 0. The number of rotatable bonds is 2. The van der Waals surface area contributed by atoms with E-state index in [4.69, 9.17) is 11.1 Å². The van der Waals surface area contributed by atoms with Gasteiger partial charge in [-0.15, -0.1) is 0 Å². The van der Waals surface area contributed by atoms with Crippen molar-refractivity contribution in [2.75, 3.05) is 18.0 Å². The summed E-state index contributed by atoms with van der Waals surface area (Å²) in [5, 5.41) is 7.39.